The van der Waals surface area contributed by atoms with E-state index in [-0.39, 0.29) is 11.5 Å². The van der Waals surface area contributed by atoms with E-state index in [1.807, 2.05) is 0 Å². The standard InChI is InChI=1S/C22H18N4O3/c1-14-24-19-11-6-15(25-21(27)20-5-3-4-12-23-20)13-18(19)22(28)26(14)16-7-9-17(29-2)10-8-16/h3-13H,1-2H3,(H,25,27). The van der Waals surface area contributed by atoms with Gasteiger partial charge in [0.05, 0.1) is 23.7 Å². The molecular formula is C22H18N4O3. The summed E-state index contributed by atoms with van der Waals surface area (Å²) in [6.07, 6.45) is 1.55. The molecule has 7 nitrogen and oxygen atoms in total. The summed E-state index contributed by atoms with van der Waals surface area (Å²) in [5, 5.41) is 3.18. The third-order valence-electron chi connectivity index (χ3n) is 4.52. The lowest BCUT2D eigenvalue weighted by atomic mass is 10.2. The van der Waals surface area contributed by atoms with E-state index in [9.17, 15) is 9.59 Å². The summed E-state index contributed by atoms with van der Waals surface area (Å²) in [6.45, 7) is 1.78. The molecule has 0 aliphatic carbocycles. The van der Waals surface area contributed by atoms with Crippen LogP contribution in [-0.4, -0.2) is 27.6 Å². The van der Waals surface area contributed by atoms with Gasteiger partial charge < -0.3 is 10.1 Å². The lowest BCUT2D eigenvalue weighted by Gasteiger charge is -2.12. The second-order valence-corrected chi connectivity index (χ2v) is 6.40. The van der Waals surface area contributed by atoms with Crippen LogP contribution in [0, 0.1) is 6.92 Å². The smallest absolute Gasteiger partial charge is 0.274 e. The Morgan fingerprint density at radius 3 is 2.55 bits per heavy atom. The summed E-state index contributed by atoms with van der Waals surface area (Å²) >= 11 is 0. The Morgan fingerprint density at radius 1 is 1.07 bits per heavy atom. The largest absolute Gasteiger partial charge is 0.497 e. The van der Waals surface area contributed by atoms with Crippen LogP contribution in [-0.2, 0) is 0 Å². The minimum atomic E-state index is -0.347. The minimum Gasteiger partial charge on any atom is -0.497 e. The molecule has 0 saturated heterocycles. The van der Waals surface area contributed by atoms with Gasteiger partial charge in [-0.2, -0.15) is 0 Å². The first-order valence-electron chi connectivity index (χ1n) is 8.97. The molecule has 1 N–H and O–H groups in total. The van der Waals surface area contributed by atoms with Crippen LogP contribution in [0.4, 0.5) is 5.69 Å². The number of carbonyl (C=O) groups excluding carboxylic acids is 1. The van der Waals surface area contributed by atoms with Crippen molar-refractivity contribution in [3.8, 4) is 11.4 Å². The predicted molar refractivity (Wildman–Crippen MR) is 111 cm³/mol. The summed E-state index contributed by atoms with van der Waals surface area (Å²) in [6, 6.07) is 17.3. The van der Waals surface area contributed by atoms with E-state index in [1.165, 1.54) is 4.57 Å². The summed E-state index contributed by atoms with van der Waals surface area (Å²) in [5.41, 5.74) is 1.83. The molecule has 7 heteroatoms. The zero-order valence-electron chi connectivity index (χ0n) is 15.9. The predicted octanol–water partition coefficient (Wildman–Crippen LogP) is 3.35. The molecule has 144 valence electrons. The maximum atomic E-state index is 13.2. The summed E-state index contributed by atoms with van der Waals surface area (Å²) in [7, 11) is 1.59. The number of ether oxygens (including phenoxy) is 1. The SMILES string of the molecule is COc1ccc(-n2c(C)nc3ccc(NC(=O)c4ccccn4)cc3c2=O)cc1. The fourth-order valence-corrected chi connectivity index (χ4v) is 3.10. The van der Waals surface area contributed by atoms with Gasteiger partial charge in [0.15, 0.2) is 0 Å². The molecule has 0 atom stereocenters. The van der Waals surface area contributed by atoms with Crippen molar-refractivity contribution in [2.24, 2.45) is 0 Å². The van der Waals surface area contributed by atoms with Crippen LogP contribution in [0.15, 0.2) is 71.7 Å². The Balaban J connectivity index is 1.75. The van der Waals surface area contributed by atoms with Crippen LogP contribution < -0.4 is 15.6 Å². The Bertz CT molecular complexity index is 1250. The highest BCUT2D eigenvalue weighted by atomic mass is 16.5. The monoisotopic (exact) mass is 386 g/mol. The van der Waals surface area contributed by atoms with Gasteiger partial charge in [-0.1, -0.05) is 6.07 Å². The van der Waals surface area contributed by atoms with E-state index in [0.29, 0.717) is 39.5 Å². The van der Waals surface area contributed by atoms with Crippen molar-refractivity contribution in [3.63, 3.8) is 0 Å². The number of pyridine rings is 1. The van der Waals surface area contributed by atoms with E-state index in [4.69, 9.17) is 4.74 Å². The maximum absolute atomic E-state index is 13.2. The van der Waals surface area contributed by atoms with E-state index >= 15 is 0 Å². The third kappa shape index (κ3) is 3.58. The van der Waals surface area contributed by atoms with Gasteiger partial charge in [-0.25, -0.2) is 4.98 Å². The van der Waals surface area contributed by atoms with Crippen LogP contribution >= 0.6 is 0 Å². The first-order chi connectivity index (χ1) is 14.1. The molecule has 0 aliphatic heterocycles. The molecule has 0 aliphatic rings. The number of nitrogens with one attached hydrogen (secondary N) is 1. The maximum Gasteiger partial charge on any atom is 0.274 e. The van der Waals surface area contributed by atoms with Gasteiger partial charge in [0.1, 0.15) is 17.3 Å². The Kier molecular flexibility index (Phi) is 4.78. The van der Waals surface area contributed by atoms with Gasteiger partial charge in [-0.05, 0) is 61.5 Å². The van der Waals surface area contributed by atoms with Gasteiger partial charge in [-0.3, -0.25) is 19.1 Å². The van der Waals surface area contributed by atoms with Crippen molar-refractivity contribution in [1.29, 1.82) is 0 Å². The minimum absolute atomic E-state index is 0.216. The zero-order chi connectivity index (χ0) is 20.4. The lowest BCUT2D eigenvalue weighted by molar-refractivity contribution is 0.102. The Labute approximate surface area is 166 Å². The van der Waals surface area contributed by atoms with Crippen LogP contribution in [0.3, 0.4) is 0 Å². The molecule has 4 aromatic rings. The van der Waals surface area contributed by atoms with Crippen molar-refractivity contribution in [1.82, 2.24) is 14.5 Å². The number of aryl methyl sites for hydroxylation is 1. The number of amides is 1. The number of nitrogens with zero attached hydrogens (tertiary/aromatic N) is 3. The number of hydrogen-bond donors (Lipinski definition) is 1. The van der Waals surface area contributed by atoms with Crippen LogP contribution in [0.5, 0.6) is 5.75 Å². The Hall–Kier alpha value is -4.00. The van der Waals surface area contributed by atoms with Crippen molar-refractivity contribution in [3.05, 3.63) is 88.7 Å². The van der Waals surface area contributed by atoms with E-state index < -0.39 is 0 Å². The third-order valence-corrected chi connectivity index (χ3v) is 4.52. The normalized spacial score (nSPS) is 10.7. The number of rotatable bonds is 4. The van der Waals surface area contributed by atoms with Gasteiger partial charge in [0, 0.05) is 11.9 Å². The molecule has 29 heavy (non-hydrogen) atoms. The Morgan fingerprint density at radius 2 is 1.86 bits per heavy atom. The van der Waals surface area contributed by atoms with Gasteiger partial charge >= 0.3 is 0 Å². The highest BCUT2D eigenvalue weighted by Gasteiger charge is 2.12. The molecule has 0 saturated carbocycles. The molecule has 0 bridgehead atoms. The highest BCUT2D eigenvalue weighted by Crippen LogP contribution is 2.19. The average Bonchev–Trinajstić information content (AvgIpc) is 2.75. The number of aromatic nitrogens is 3. The summed E-state index contributed by atoms with van der Waals surface area (Å²) in [4.78, 5) is 34.1. The van der Waals surface area contributed by atoms with Crippen molar-refractivity contribution >= 4 is 22.5 Å². The van der Waals surface area contributed by atoms with Crippen LogP contribution in [0.25, 0.3) is 16.6 Å². The fraction of sp³-hybridized carbons (Fsp3) is 0.0909. The molecule has 4 rings (SSSR count). The number of hydrogen-bond acceptors (Lipinski definition) is 5. The first kappa shape index (κ1) is 18.4. The van der Waals surface area contributed by atoms with Crippen LogP contribution in [0.1, 0.15) is 16.3 Å². The topological polar surface area (TPSA) is 86.1 Å². The molecule has 0 unspecified atom stereocenters. The molecule has 0 radical (unpaired) electrons. The number of benzene rings is 2. The van der Waals surface area contributed by atoms with Gasteiger partial charge in [0.25, 0.3) is 11.5 Å². The zero-order valence-corrected chi connectivity index (χ0v) is 15.9. The van der Waals surface area contributed by atoms with Crippen molar-refractivity contribution < 1.29 is 9.53 Å². The summed E-state index contributed by atoms with van der Waals surface area (Å²) in [5.74, 6) is 0.922. The molecule has 2 aromatic carbocycles. The van der Waals surface area contributed by atoms with E-state index in [0.717, 1.165) is 0 Å². The number of fused-ring (bicyclic) bond motifs is 1. The number of anilines is 1. The molecule has 2 heterocycles. The van der Waals surface area contributed by atoms with Gasteiger partial charge in [-0.15, -0.1) is 0 Å². The van der Waals surface area contributed by atoms with E-state index in [1.54, 1.807) is 80.9 Å². The summed E-state index contributed by atoms with van der Waals surface area (Å²) < 4.78 is 6.71. The van der Waals surface area contributed by atoms with Crippen LogP contribution in [0.2, 0.25) is 0 Å². The molecule has 2 aromatic heterocycles. The van der Waals surface area contributed by atoms with Gasteiger partial charge in [0.2, 0.25) is 0 Å². The molecule has 0 spiro atoms. The molecule has 0 fully saturated rings. The quantitative estimate of drug-likeness (QED) is 0.581. The average molecular weight is 386 g/mol. The number of carbonyl (C=O) groups is 1. The highest BCUT2D eigenvalue weighted by molar-refractivity contribution is 6.03. The first-order valence-corrected chi connectivity index (χ1v) is 8.97. The van der Waals surface area contributed by atoms with Crippen molar-refractivity contribution in [2.75, 3.05) is 12.4 Å². The number of methoxy groups -OCH3 is 1. The fourth-order valence-electron chi connectivity index (χ4n) is 3.10. The van der Waals surface area contributed by atoms with Crippen molar-refractivity contribution in [2.45, 2.75) is 6.92 Å². The lowest BCUT2D eigenvalue weighted by Crippen LogP contribution is -2.22. The second kappa shape index (κ2) is 7.55. The second-order valence-electron chi connectivity index (χ2n) is 6.40. The molecule has 1 amide bonds. The molecular weight excluding hydrogens is 368 g/mol. The van der Waals surface area contributed by atoms with E-state index in [2.05, 4.69) is 15.3 Å².